The Labute approximate surface area is 108 Å². The molecule has 0 saturated carbocycles. The number of nitrogens with zero attached hydrogens (tertiary/aromatic N) is 3. The first-order chi connectivity index (χ1) is 8.75. The Bertz CT molecular complexity index is 562. The fraction of sp³-hybridized carbons (Fsp3) is 0.364. The zero-order chi connectivity index (χ0) is 14.6. The van der Waals surface area contributed by atoms with Gasteiger partial charge in [-0.1, -0.05) is 0 Å². The standard InChI is InChI=1S/C11H12N4O4/c1-11(2,4-9(16)17)14-10-7(5-12)3-8(6-13-10)15(18)19/h3,6H,4H2,1-2H3,(H,13,14)(H,16,17). The van der Waals surface area contributed by atoms with E-state index in [1.165, 1.54) is 0 Å². The van der Waals surface area contributed by atoms with E-state index in [1.807, 2.05) is 0 Å². The van der Waals surface area contributed by atoms with Crippen molar-refractivity contribution in [3.63, 3.8) is 0 Å². The summed E-state index contributed by atoms with van der Waals surface area (Å²) in [5.74, 6) is -0.878. The molecule has 0 radical (unpaired) electrons. The molecule has 0 bridgehead atoms. The Balaban J connectivity index is 3.05. The van der Waals surface area contributed by atoms with Gasteiger partial charge in [0.25, 0.3) is 5.69 Å². The van der Waals surface area contributed by atoms with E-state index in [4.69, 9.17) is 10.4 Å². The van der Waals surface area contributed by atoms with E-state index in [0.717, 1.165) is 12.3 Å². The molecule has 0 atom stereocenters. The van der Waals surface area contributed by atoms with Crippen LogP contribution >= 0.6 is 0 Å². The van der Waals surface area contributed by atoms with Gasteiger partial charge in [0.1, 0.15) is 23.6 Å². The summed E-state index contributed by atoms with van der Waals surface area (Å²) < 4.78 is 0. The van der Waals surface area contributed by atoms with Crippen LogP contribution in [0.4, 0.5) is 11.5 Å². The number of hydrogen-bond donors (Lipinski definition) is 2. The molecule has 2 N–H and O–H groups in total. The number of aromatic nitrogens is 1. The SMILES string of the molecule is CC(C)(CC(=O)O)Nc1ncc([N+](=O)[O-])cc1C#N. The molecule has 0 amide bonds. The Morgan fingerprint density at radius 1 is 1.68 bits per heavy atom. The lowest BCUT2D eigenvalue weighted by Crippen LogP contribution is -2.34. The largest absolute Gasteiger partial charge is 0.481 e. The molecule has 1 heterocycles. The third-order valence-corrected chi connectivity index (χ3v) is 2.25. The van der Waals surface area contributed by atoms with Gasteiger partial charge >= 0.3 is 5.97 Å². The number of carboxylic acid groups (broad SMARTS) is 1. The van der Waals surface area contributed by atoms with Crippen molar-refractivity contribution in [1.82, 2.24) is 4.98 Å². The lowest BCUT2D eigenvalue weighted by Gasteiger charge is -2.25. The summed E-state index contributed by atoms with van der Waals surface area (Å²) in [6.07, 6.45) is 0.830. The number of anilines is 1. The minimum absolute atomic E-state index is 0.00679. The predicted octanol–water partition coefficient (Wildman–Crippen LogP) is 1.53. The summed E-state index contributed by atoms with van der Waals surface area (Å²) in [6.45, 7) is 3.26. The zero-order valence-electron chi connectivity index (χ0n) is 10.4. The summed E-state index contributed by atoms with van der Waals surface area (Å²) in [5.41, 5.74) is -1.13. The van der Waals surface area contributed by atoms with Crippen LogP contribution in [0, 0.1) is 21.4 Å². The van der Waals surface area contributed by atoms with Crippen LogP contribution in [0.2, 0.25) is 0 Å². The molecule has 8 nitrogen and oxygen atoms in total. The molecule has 0 aliphatic rings. The van der Waals surface area contributed by atoms with Crippen molar-refractivity contribution in [2.24, 2.45) is 0 Å². The van der Waals surface area contributed by atoms with Crippen LogP contribution in [0.3, 0.4) is 0 Å². The number of aliphatic carboxylic acids is 1. The van der Waals surface area contributed by atoms with E-state index >= 15 is 0 Å². The average Bonchev–Trinajstić information content (AvgIpc) is 2.26. The summed E-state index contributed by atoms with van der Waals surface area (Å²) in [4.78, 5) is 24.4. The second kappa shape index (κ2) is 5.30. The monoisotopic (exact) mass is 264 g/mol. The summed E-state index contributed by atoms with van der Waals surface area (Å²) >= 11 is 0. The van der Waals surface area contributed by atoms with Crippen molar-refractivity contribution in [3.05, 3.63) is 27.9 Å². The fourth-order valence-corrected chi connectivity index (χ4v) is 1.48. The van der Waals surface area contributed by atoms with Crippen LogP contribution in [0.25, 0.3) is 0 Å². The molecule has 0 saturated heterocycles. The van der Waals surface area contributed by atoms with E-state index in [-0.39, 0.29) is 23.5 Å². The molecule has 0 aliphatic heterocycles. The normalized spacial score (nSPS) is 10.6. The molecule has 0 aliphatic carbocycles. The number of nitriles is 1. The predicted molar refractivity (Wildman–Crippen MR) is 65.6 cm³/mol. The van der Waals surface area contributed by atoms with Crippen molar-refractivity contribution in [2.75, 3.05) is 5.32 Å². The molecule has 1 aromatic rings. The number of carbonyl (C=O) groups is 1. The molecular weight excluding hydrogens is 252 g/mol. The van der Waals surface area contributed by atoms with Gasteiger partial charge in [-0.05, 0) is 13.8 Å². The number of hydrogen-bond acceptors (Lipinski definition) is 6. The van der Waals surface area contributed by atoms with E-state index < -0.39 is 16.4 Å². The maximum absolute atomic E-state index is 10.7. The van der Waals surface area contributed by atoms with Crippen molar-refractivity contribution in [3.8, 4) is 6.07 Å². The maximum atomic E-state index is 10.7. The molecule has 0 unspecified atom stereocenters. The van der Waals surface area contributed by atoms with Crippen molar-refractivity contribution >= 4 is 17.5 Å². The summed E-state index contributed by atoms with van der Waals surface area (Å²) in [6, 6.07) is 2.88. The highest BCUT2D eigenvalue weighted by molar-refractivity contribution is 5.69. The second-order valence-corrected chi connectivity index (χ2v) is 4.54. The lowest BCUT2D eigenvalue weighted by molar-refractivity contribution is -0.385. The van der Waals surface area contributed by atoms with Gasteiger partial charge in [-0.3, -0.25) is 14.9 Å². The van der Waals surface area contributed by atoms with Crippen molar-refractivity contribution in [2.45, 2.75) is 25.8 Å². The van der Waals surface area contributed by atoms with E-state index in [0.29, 0.717) is 0 Å². The van der Waals surface area contributed by atoms with Gasteiger partial charge in [0.2, 0.25) is 0 Å². The van der Waals surface area contributed by atoms with Crippen LogP contribution in [-0.2, 0) is 4.79 Å². The Hall–Kier alpha value is -2.69. The summed E-state index contributed by atoms with van der Waals surface area (Å²) in [7, 11) is 0. The third-order valence-electron chi connectivity index (χ3n) is 2.25. The van der Waals surface area contributed by atoms with Crippen LogP contribution in [0.5, 0.6) is 0 Å². The van der Waals surface area contributed by atoms with Crippen LogP contribution in [0.15, 0.2) is 12.3 Å². The highest BCUT2D eigenvalue weighted by atomic mass is 16.6. The molecule has 1 rings (SSSR count). The lowest BCUT2D eigenvalue weighted by atomic mass is 10.0. The van der Waals surface area contributed by atoms with Crippen LogP contribution in [0.1, 0.15) is 25.8 Å². The first-order valence-electron chi connectivity index (χ1n) is 5.30. The molecule has 100 valence electrons. The summed E-state index contributed by atoms with van der Waals surface area (Å²) in [5, 5.41) is 31.1. The molecule has 19 heavy (non-hydrogen) atoms. The Kier molecular flexibility index (Phi) is 4.01. The average molecular weight is 264 g/mol. The molecule has 0 spiro atoms. The molecule has 0 aromatic carbocycles. The Morgan fingerprint density at radius 2 is 2.32 bits per heavy atom. The fourth-order valence-electron chi connectivity index (χ4n) is 1.48. The van der Waals surface area contributed by atoms with Gasteiger partial charge in [0, 0.05) is 11.6 Å². The van der Waals surface area contributed by atoms with Gasteiger partial charge in [0.15, 0.2) is 0 Å². The zero-order valence-corrected chi connectivity index (χ0v) is 10.4. The van der Waals surface area contributed by atoms with E-state index in [1.54, 1.807) is 19.9 Å². The van der Waals surface area contributed by atoms with Gasteiger partial charge < -0.3 is 10.4 Å². The van der Waals surface area contributed by atoms with Gasteiger partial charge in [-0.25, -0.2) is 4.98 Å². The minimum atomic E-state index is -1.00. The maximum Gasteiger partial charge on any atom is 0.305 e. The van der Waals surface area contributed by atoms with Gasteiger partial charge in [0.05, 0.1) is 11.3 Å². The number of nitrogens with one attached hydrogen (secondary N) is 1. The van der Waals surface area contributed by atoms with Gasteiger partial charge in [-0.15, -0.1) is 0 Å². The quantitative estimate of drug-likeness (QED) is 0.609. The molecular formula is C11H12N4O4. The number of rotatable bonds is 5. The van der Waals surface area contributed by atoms with E-state index in [2.05, 4.69) is 10.3 Å². The van der Waals surface area contributed by atoms with Crippen LogP contribution in [-0.4, -0.2) is 26.5 Å². The third kappa shape index (κ3) is 3.92. The molecule has 8 heteroatoms. The number of carboxylic acids is 1. The smallest absolute Gasteiger partial charge is 0.305 e. The molecule has 0 fully saturated rings. The van der Waals surface area contributed by atoms with Crippen molar-refractivity contribution in [1.29, 1.82) is 5.26 Å². The van der Waals surface area contributed by atoms with Crippen LogP contribution < -0.4 is 5.32 Å². The second-order valence-electron chi connectivity index (χ2n) is 4.54. The van der Waals surface area contributed by atoms with Crippen molar-refractivity contribution < 1.29 is 14.8 Å². The van der Waals surface area contributed by atoms with Gasteiger partial charge in [-0.2, -0.15) is 5.26 Å². The Morgan fingerprint density at radius 3 is 2.79 bits per heavy atom. The first kappa shape index (κ1) is 14.4. The first-order valence-corrected chi connectivity index (χ1v) is 5.30. The molecule has 1 aromatic heterocycles. The minimum Gasteiger partial charge on any atom is -0.481 e. The topological polar surface area (TPSA) is 129 Å². The number of nitro groups is 1. The van der Waals surface area contributed by atoms with E-state index in [9.17, 15) is 14.9 Å². The highest BCUT2D eigenvalue weighted by Crippen LogP contribution is 2.22. The highest BCUT2D eigenvalue weighted by Gasteiger charge is 2.24. The number of pyridine rings is 1.